The first-order chi connectivity index (χ1) is 25.0. The van der Waals surface area contributed by atoms with Crippen molar-refractivity contribution in [2.75, 3.05) is 4.90 Å². The average molecular weight is 654 g/mol. The molecule has 0 N–H and O–H groups in total. The van der Waals surface area contributed by atoms with Crippen LogP contribution in [0.1, 0.15) is 25.0 Å². The monoisotopic (exact) mass is 653 g/mol. The summed E-state index contributed by atoms with van der Waals surface area (Å²) in [5.41, 5.74) is 14.9. The van der Waals surface area contributed by atoms with Crippen LogP contribution < -0.4 is 4.90 Å². The largest absolute Gasteiger partial charge is 0.454 e. The molecule has 1 aliphatic rings. The Bertz CT molecular complexity index is 2790. The van der Waals surface area contributed by atoms with Crippen LogP contribution in [0.5, 0.6) is 0 Å². The summed E-state index contributed by atoms with van der Waals surface area (Å²) in [7, 11) is 0. The van der Waals surface area contributed by atoms with Gasteiger partial charge in [0.25, 0.3) is 0 Å². The van der Waals surface area contributed by atoms with E-state index in [0.29, 0.717) is 0 Å². The van der Waals surface area contributed by atoms with E-state index < -0.39 is 0 Å². The summed E-state index contributed by atoms with van der Waals surface area (Å²) >= 11 is 0. The lowest BCUT2D eigenvalue weighted by Gasteiger charge is -2.29. The van der Waals surface area contributed by atoms with Gasteiger partial charge in [-0.1, -0.05) is 147 Å². The zero-order valence-electron chi connectivity index (χ0n) is 28.6. The number of hydrogen-bond acceptors (Lipinski definition) is 2. The Hall–Kier alpha value is -6.38. The number of furan rings is 1. The quantitative estimate of drug-likeness (QED) is 0.184. The van der Waals surface area contributed by atoms with Gasteiger partial charge in [-0.25, -0.2) is 0 Å². The Morgan fingerprint density at radius 3 is 1.96 bits per heavy atom. The molecule has 51 heavy (non-hydrogen) atoms. The number of fused-ring (bicyclic) bond motifs is 7. The molecule has 0 unspecified atom stereocenters. The van der Waals surface area contributed by atoms with Crippen molar-refractivity contribution in [1.82, 2.24) is 0 Å². The molecule has 2 nitrogen and oxygen atoms in total. The fourth-order valence-corrected chi connectivity index (χ4v) is 8.26. The van der Waals surface area contributed by atoms with E-state index >= 15 is 0 Å². The van der Waals surface area contributed by atoms with Crippen molar-refractivity contribution < 1.29 is 4.42 Å². The molecule has 9 aromatic rings. The molecule has 0 spiro atoms. The topological polar surface area (TPSA) is 16.4 Å². The smallest absolute Gasteiger partial charge is 0.159 e. The summed E-state index contributed by atoms with van der Waals surface area (Å²) < 4.78 is 6.68. The second-order valence-corrected chi connectivity index (χ2v) is 14.1. The number of benzene rings is 8. The van der Waals surface area contributed by atoms with Crippen molar-refractivity contribution in [2.45, 2.75) is 19.3 Å². The maximum atomic E-state index is 6.68. The summed E-state index contributed by atoms with van der Waals surface area (Å²) in [4.78, 5) is 2.40. The summed E-state index contributed by atoms with van der Waals surface area (Å²) in [6.45, 7) is 4.74. The van der Waals surface area contributed by atoms with Crippen LogP contribution in [0, 0.1) is 0 Å². The van der Waals surface area contributed by atoms with Crippen LogP contribution >= 0.6 is 0 Å². The molecule has 0 atom stereocenters. The van der Waals surface area contributed by atoms with Gasteiger partial charge >= 0.3 is 0 Å². The fraction of sp³-hybridized carbons (Fsp3) is 0.0612. The first kappa shape index (κ1) is 29.5. The van der Waals surface area contributed by atoms with E-state index in [1.807, 2.05) is 6.07 Å². The molecular weight excluding hydrogens is 619 g/mol. The van der Waals surface area contributed by atoms with Crippen molar-refractivity contribution in [2.24, 2.45) is 0 Å². The summed E-state index contributed by atoms with van der Waals surface area (Å²) in [6.07, 6.45) is 0. The molecule has 0 saturated carbocycles. The van der Waals surface area contributed by atoms with E-state index in [0.717, 1.165) is 44.6 Å². The van der Waals surface area contributed by atoms with Crippen molar-refractivity contribution in [3.63, 3.8) is 0 Å². The van der Waals surface area contributed by atoms with Crippen molar-refractivity contribution >= 4 is 49.8 Å². The predicted molar refractivity (Wildman–Crippen MR) is 214 cm³/mol. The number of para-hydroxylation sites is 3. The molecule has 2 heteroatoms. The minimum absolute atomic E-state index is 0.205. The van der Waals surface area contributed by atoms with E-state index in [4.69, 9.17) is 4.42 Å². The Balaban J connectivity index is 1.16. The highest BCUT2D eigenvalue weighted by molar-refractivity contribution is 6.11. The van der Waals surface area contributed by atoms with Gasteiger partial charge in [0.1, 0.15) is 5.58 Å². The molecule has 242 valence electrons. The molecule has 0 saturated heterocycles. The van der Waals surface area contributed by atoms with E-state index in [2.05, 4.69) is 189 Å². The lowest BCUT2D eigenvalue weighted by molar-refractivity contribution is 0.660. The van der Waals surface area contributed by atoms with Gasteiger partial charge in [-0.15, -0.1) is 0 Å². The van der Waals surface area contributed by atoms with Gasteiger partial charge < -0.3 is 9.32 Å². The maximum Gasteiger partial charge on any atom is 0.159 e. The minimum atomic E-state index is -0.205. The molecule has 0 fully saturated rings. The fourth-order valence-electron chi connectivity index (χ4n) is 8.26. The van der Waals surface area contributed by atoms with Crippen LogP contribution in [0.4, 0.5) is 17.1 Å². The molecular formula is C49H35NO. The first-order valence-corrected chi connectivity index (χ1v) is 17.7. The standard InChI is InChI=1S/C49H35NO/c1-49(2)43-30-36(35-24-23-32-13-6-7-16-34(32)29-35)25-27-39(43)40-28-26-37(31-44(40)49)50(45-20-10-8-17-38(45)33-14-4-3-5-15-33)46-21-12-19-42-41-18-9-11-22-47(41)51-48(42)46/h3-31H,1-2H3. The molecule has 1 aromatic heterocycles. The van der Waals surface area contributed by atoms with Gasteiger partial charge in [0.15, 0.2) is 5.58 Å². The van der Waals surface area contributed by atoms with Crippen molar-refractivity contribution in [1.29, 1.82) is 0 Å². The van der Waals surface area contributed by atoms with E-state index in [1.165, 1.54) is 49.7 Å². The van der Waals surface area contributed by atoms with Crippen LogP contribution in [-0.4, -0.2) is 0 Å². The molecule has 10 rings (SSSR count). The first-order valence-electron chi connectivity index (χ1n) is 17.7. The highest BCUT2D eigenvalue weighted by Crippen LogP contribution is 2.53. The number of rotatable bonds is 5. The minimum Gasteiger partial charge on any atom is -0.454 e. The molecule has 0 radical (unpaired) electrons. The number of nitrogens with zero attached hydrogens (tertiary/aromatic N) is 1. The number of anilines is 3. The highest BCUT2D eigenvalue weighted by Gasteiger charge is 2.36. The van der Waals surface area contributed by atoms with Gasteiger partial charge in [-0.3, -0.25) is 0 Å². The Morgan fingerprint density at radius 2 is 1.08 bits per heavy atom. The van der Waals surface area contributed by atoms with Crippen molar-refractivity contribution in [3.8, 4) is 33.4 Å². The summed E-state index contributed by atoms with van der Waals surface area (Å²) in [5, 5.41) is 4.76. The zero-order valence-corrected chi connectivity index (χ0v) is 28.6. The third-order valence-corrected chi connectivity index (χ3v) is 10.9. The predicted octanol–water partition coefficient (Wildman–Crippen LogP) is 13.8. The van der Waals surface area contributed by atoms with Crippen molar-refractivity contribution in [3.05, 3.63) is 187 Å². The third-order valence-electron chi connectivity index (χ3n) is 10.9. The lowest BCUT2D eigenvalue weighted by atomic mass is 9.81. The van der Waals surface area contributed by atoms with Gasteiger partial charge in [-0.05, 0) is 92.2 Å². The number of hydrogen-bond donors (Lipinski definition) is 0. The molecule has 8 aromatic carbocycles. The van der Waals surface area contributed by atoms with Crippen LogP contribution in [-0.2, 0) is 5.41 Å². The van der Waals surface area contributed by atoms with Crippen LogP contribution in [0.15, 0.2) is 180 Å². The molecule has 0 amide bonds. The van der Waals surface area contributed by atoms with Gasteiger partial charge in [0.2, 0.25) is 0 Å². The summed E-state index contributed by atoms with van der Waals surface area (Å²) in [6, 6.07) is 63.6. The third kappa shape index (κ3) is 4.64. The average Bonchev–Trinajstić information content (AvgIpc) is 3.67. The van der Waals surface area contributed by atoms with E-state index in [-0.39, 0.29) is 5.41 Å². The second kappa shape index (κ2) is 11.3. The summed E-state index contributed by atoms with van der Waals surface area (Å²) in [5.74, 6) is 0. The zero-order chi connectivity index (χ0) is 34.1. The van der Waals surface area contributed by atoms with Crippen LogP contribution in [0.2, 0.25) is 0 Å². The maximum absolute atomic E-state index is 6.68. The molecule has 0 aliphatic heterocycles. The molecule has 0 bridgehead atoms. The highest BCUT2D eigenvalue weighted by atomic mass is 16.3. The van der Waals surface area contributed by atoms with Crippen LogP contribution in [0.25, 0.3) is 66.1 Å². The van der Waals surface area contributed by atoms with Crippen LogP contribution in [0.3, 0.4) is 0 Å². The molecule has 1 heterocycles. The van der Waals surface area contributed by atoms with Gasteiger partial charge in [-0.2, -0.15) is 0 Å². The Labute approximate surface area is 297 Å². The molecule has 1 aliphatic carbocycles. The Kier molecular flexibility index (Phi) is 6.56. The second-order valence-electron chi connectivity index (χ2n) is 14.1. The van der Waals surface area contributed by atoms with Gasteiger partial charge in [0.05, 0.1) is 11.4 Å². The SMILES string of the molecule is CC1(C)c2cc(-c3ccc4ccccc4c3)ccc2-c2ccc(N(c3ccccc3-c3ccccc3)c3cccc4c3oc3ccccc34)cc21. The van der Waals surface area contributed by atoms with Gasteiger partial charge in [0, 0.05) is 27.4 Å². The Morgan fingerprint density at radius 1 is 0.431 bits per heavy atom. The lowest BCUT2D eigenvalue weighted by Crippen LogP contribution is -2.17. The van der Waals surface area contributed by atoms with E-state index in [1.54, 1.807) is 0 Å². The van der Waals surface area contributed by atoms with E-state index in [9.17, 15) is 0 Å². The normalized spacial score (nSPS) is 13.1.